The minimum Gasteiger partial charge on any atom is -0.493 e. The summed E-state index contributed by atoms with van der Waals surface area (Å²) in [5, 5.41) is 6.90. The molecule has 0 atom stereocenters. The van der Waals surface area contributed by atoms with Gasteiger partial charge in [-0.3, -0.25) is 4.99 Å². The molecule has 0 saturated carbocycles. The minimum atomic E-state index is 0. The van der Waals surface area contributed by atoms with Crippen molar-refractivity contribution in [2.75, 3.05) is 39.7 Å². The zero-order valence-electron chi connectivity index (χ0n) is 14.8. The molecule has 0 amide bonds. The van der Waals surface area contributed by atoms with Crippen molar-refractivity contribution in [2.45, 2.75) is 0 Å². The Hall–Kier alpha value is -1.94. The van der Waals surface area contributed by atoms with Crippen LogP contribution in [0.5, 0.6) is 17.4 Å². The first-order valence-electron chi connectivity index (χ1n) is 7.60. The van der Waals surface area contributed by atoms with Crippen LogP contribution >= 0.6 is 35.6 Å². The zero-order chi connectivity index (χ0) is 18.1. The second-order valence-electron chi connectivity index (χ2n) is 4.86. The molecule has 0 radical (unpaired) electrons. The van der Waals surface area contributed by atoms with Crippen LogP contribution in [0.2, 0.25) is 5.02 Å². The van der Waals surface area contributed by atoms with Crippen LogP contribution in [-0.2, 0) is 0 Å². The van der Waals surface area contributed by atoms with Crippen molar-refractivity contribution in [1.29, 1.82) is 0 Å². The molecule has 0 aliphatic heterocycles. The lowest BCUT2D eigenvalue weighted by molar-refractivity contribution is 0.310. The molecule has 26 heavy (non-hydrogen) atoms. The van der Waals surface area contributed by atoms with Crippen LogP contribution < -0.4 is 24.8 Å². The number of guanidine groups is 1. The van der Waals surface area contributed by atoms with Gasteiger partial charge in [0.2, 0.25) is 5.88 Å². The van der Waals surface area contributed by atoms with E-state index in [4.69, 9.17) is 25.8 Å². The molecular formula is C17H22ClIN4O3. The fraction of sp³-hybridized carbons (Fsp3) is 0.294. The predicted molar refractivity (Wildman–Crippen MR) is 115 cm³/mol. The third kappa shape index (κ3) is 6.75. The first-order valence-corrected chi connectivity index (χ1v) is 7.98. The van der Waals surface area contributed by atoms with E-state index in [0.717, 1.165) is 5.69 Å². The number of anilines is 1. The molecule has 142 valence electrons. The monoisotopic (exact) mass is 492 g/mol. The van der Waals surface area contributed by atoms with Gasteiger partial charge in [-0.25, -0.2) is 4.98 Å². The van der Waals surface area contributed by atoms with Gasteiger partial charge in [0, 0.05) is 31.1 Å². The van der Waals surface area contributed by atoms with Gasteiger partial charge in [0.1, 0.15) is 6.61 Å². The second kappa shape index (κ2) is 11.6. The van der Waals surface area contributed by atoms with Gasteiger partial charge in [-0.05, 0) is 18.2 Å². The maximum atomic E-state index is 5.78. The number of methoxy groups -OCH3 is 2. The first-order chi connectivity index (χ1) is 12.2. The lowest BCUT2D eigenvalue weighted by atomic mass is 10.3. The van der Waals surface area contributed by atoms with E-state index in [1.165, 1.54) is 0 Å². The minimum absolute atomic E-state index is 0. The van der Waals surface area contributed by atoms with Crippen molar-refractivity contribution in [3.05, 3.63) is 41.6 Å². The van der Waals surface area contributed by atoms with E-state index >= 15 is 0 Å². The highest BCUT2D eigenvalue weighted by molar-refractivity contribution is 14.0. The van der Waals surface area contributed by atoms with E-state index in [9.17, 15) is 0 Å². The highest BCUT2D eigenvalue weighted by Gasteiger charge is 2.06. The number of nitrogens with zero attached hydrogens (tertiary/aromatic N) is 2. The number of pyridine rings is 1. The fourth-order valence-electron chi connectivity index (χ4n) is 2.00. The van der Waals surface area contributed by atoms with Crippen LogP contribution in [0.15, 0.2) is 41.5 Å². The van der Waals surface area contributed by atoms with Crippen molar-refractivity contribution < 1.29 is 14.2 Å². The van der Waals surface area contributed by atoms with E-state index < -0.39 is 0 Å². The second-order valence-corrected chi connectivity index (χ2v) is 5.29. The number of halogens is 2. The van der Waals surface area contributed by atoms with Crippen molar-refractivity contribution in [1.82, 2.24) is 10.3 Å². The van der Waals surface area contributed by atoms with E-state index in [-0.39, 0.29) is 24.0 Å². The largest absolute Gasteiger partial charge is 0.493 e. The third-order valence-corrected chi connectivity index (χ3v) is 3.44. The molecular weight excluding hydrogens is 471 g/mol. The first kappa shape index (κ1) is 22.1. The Morgan fingerprint density at radius 1 is 1.15 bits per heavy atom. The van der Waals surface area contributed by atoms with Crippen LogP contribution in [-0.4, -0.2) is 45.4 Å². The lowest BCUT2D eigenvalue weighted by Gasteiger charge is -2.14. The van der Waals surface area contributed by atoms with Crippen LogP contribution in [0.4, 0.5) is 5.69 Å². The molecule has 1 aromatic carbocycles. The van der Waals surface area contributed by atoms with Crippen molar-refractivity contribution in [2.24, 2.45) is 4.99 Å². The maximum Gasteiger partial charge on any atom is 0.213 e. The molecule has 0 saturated heterocycles. The topological polar surface area (TPSA) is 77.0 Å². The molecule has 1 aromatic heterocycles. The highest BCUT2D eigenvalue weighted by atomic mass is 127. The fourth-order valence-corrected chi connectivity index (χ4v) is 2.11. The summed E-state index contributed by atoms with van der Waals surface area (Å²) >= 11 is 5.78. The van der Waals surface area contributed by atoms with Crippen LogP contribution in [0.25, 0.3) is 0 Å². The van der Waals surface area contributed by atoms with Crippen molar-refractivity contribution in [3.8, 4) is 17.4 Å². The average Bonchev–Trinajstić information content (AvgIpc) is 2.65. The molecule has 0 fully saturated rings. The summed E-state index contributed by atoms with van der Waals surface area (Å²) in [7, 11) is 4.88. The summed E-state index contributed by atoms with van der Waals surface area (Å²) in [5.41, 5.74) is 0.825. The van der Waals surface area contributed by atoms with Gasteiger partial charge in [0.05, 0.1) is 25.8 Å². The zero-order valence-corrected chi connectivity index (χ0v) is 17.9. The van der Waals surface area contributed by atoms with Crippen LogP contribution in [0, 0.1) is 0 Å². The summed E-state index contributed by atoms with van der Waals surface area (Å²) in [5.74, 6) is 2.44. The van der Waals surface area contributed by atoms with E-state index in [1.54, 1.807) is 39.6 Å². The van der Waals surface area contributed by atoms with Crippen molar-refractivity contribution >= 4 is 47.2 Å². The summed E-state index contributed by atoms with van der Waals surface area (Å²) in [4.78, 5) is 8.24. The average molecular weight is 493 g/mol. The third-order valence-electron chi connectivity index (χ3n) is 3.21. The van der Waals surface area contributed by atoms with Gasteiger partial charge in [0.15, 0.2) is 17.5 Å². The van der Waals surface area contributed by atoms with Crippen LogP contribution in [0.1, 0.15) is 0 Å². The Bertz CT molecular complexity index is 714. The molecule has 2 aromatic rings. The number of hydrogen-bond acceptors (Lipinski definition) is 5. The normalized spacial score (nSPS) is 10.5. The SMILES string of the molecule is CN=C(NCCOc1ccc(Cl)cn1)Nc1ccc(OC)c(OC)c1.I. The summed E-state index contributed by atoms with van der Waals surface area (Å²) in [6.07, 6.45) is 1.54. The van der Waals surface area contributed by atoms with Gasteiger partial charge in [0.25, 0.3) is 0 Å². The number of ether oxygens (including phenoxy) is 3. The number of nitrogens with one attached hydrogen (secondary N) is 2. The molecule has 0 aliphatic carbocycles. The number of rotatable bonds is 7. The molecule has 0 unspecified atom stereocenters. The Labute approximate surface area is 175 Å². The molecule has 2 N–H and O–H groups in total. The van der Waals surface area contributed by atoms with Gasteiger partial charge in [-0.15, -0.1) is 24.0 Å². The Morgan fingerprint density at radius 2 is 1.92 bits per heavy atom. The molecule has 1 heterocycles. The number of benzene rings is 1. The Morgan fingerprint density at radius 3 is 2.54 bits per heavy atom. The Balaban J connectivity index is 0.00000338. The Kier molecular flexibility index (Phi) is 9.89. The van der Waals surface area contributed by atoms with Crippen LogP contribution in [0.3, 0.4) is 0 Å². The van der Waals surface area contributed by atoms with Gasteiger partial charge in [-0.2, -0.15) is 0 Å². The lowest BCUT2D eigenvalue weighted by Crippen LogP contribution is -2.33. The standard InChI is InChI=1S/C17H21ClN4O3.HI/c1-19-17(20-8-9-25-16-7-4-12(18)11-21-16)22-13-5-6-14(23-2)15(10-13)24-3;/h4-7,10-11H,8-9H2,1-3H3,(H2,19,20,22);1H. The molecule has 9 heteroatoms. The number of hydrogen-bond donors (Lipinski definition) is 2. The smallest absolute Gasteiger partial charge is 0.213 e. The van der Waals surface area contributed by atoms with Gasteiger partial charge >= 0.3 is 0 Å². The van der Waals surface area contributed by atoms with Gasteiger partial charge in [-0.1, -0.05) is 11.6 Å². The number of aliphatic imine (C=N–C) groups is 1. The number of aromatic nitrogens is 1. The molecule has 7 nitrogen and oxygen atoms in total. The summed E-state index contributed by atoms with van der Waals surface area (Å²) in [6, 6.07) is 8.99. The molecule has 0 bridgehead atoms. The highest BCUT2D eigenvalue weighted by Crippen LogP contribution is 2.29. The molecule has 0 aliphatic rings. The maximum absolute atomic E-state index is 5.78. The molecule has 2 rings (SSSR count). The predicted octanol–water partition coefficient (Wildman–Crippen LogP) is 3.44. The summed E-state index contributed by atoms with van der Waals surface area (Å²) in [6.45, 7) is 0.985. The van der Waals surface area contributed by atoms with Gasteiger partial charge < -0.3 is 24.8 Å². The van der Waals surface area contributed by atoms with Crippen molar-refractivity contribution in [3.63, 3.8) is 0 Å². The summed E-state index contributed by atoms with van der Waals surface area (Å²) < 4.78 is 16.0. The van der Waals surface area contributed by atoms with E-state index in [2.05, 4.69) is 20.6 Å². The van der Waals surface area contributed by atoms with E-state index in [1.807, 2.05) is 18.2 Å². The quantitative estimate of drug-likeness (QED) is 0.267. The van der Waals surface area contributed by atoms with E-state index in [0.29, 0.717) is 41.5 Å². The molecule has 0 spiro atoms.